The summed E-state index contributed by atoms with van der Waals surface area (Å²) in [7, 11) is 2.09. The third-order valence-electron chi connectivity index (χ3n) is 3.11. The molecule has 5 heteroatoms. The van der Waals surface area contributed by atoms with Gasteiger partial charge in [0.1, 0.15) is 0 Å². The van der Waals surface area contributed by atoms with Gasteiger partial charge >= 0.3 is 0 Å². The average Bonchev–Trinajstić information content (AvgIpc) is 2.54. The third kappa shape index (κ3) is 2.87. The van der Waals surface area contributed by atoms with E-state index in [1.807, 2.05) is 4.90 Å². The summed E-state index contributed by atoms with van der Waals surface area (Å²) in [5.41, 5.74) is 0.522. The molecule has 0 saturated carbocycles. The second-order valence-corrected chi connectivity index (χ2v) is 4.65. The lowest BCUT2D eigenvalue weighted by atomic mass is 10.2. The highest BCUT2D eigenvalue weighted by Crippen LogP contribution is 2.21. The summed E-state index contributed by atoms with van der Waals surface area (Å²) in [5.74, 6) is 0.361. The number of anilines is 1. The fraction of sp³-hybridized carbons (Fsp3) is 0.583. The number of aromatic nitrogens is 1. The highest BCUT2D eigenvalue weighted by molar-refractivity contribution is 6.17. The molecule has 0 bridgehead atoms. The standard InChI is InChI=1S/C12H17ClFN3/c1-16-5-2-6-17(8-7-16)12-11(14)10(9-13)3-4-15-12/h3-4H,2,5-9H2,1H3. The van der Waals surface area contributed by atoms with Gasteiger partial charge in [0.15, 0.2) is 11.6 Å². The molecule has 2 heterocycles. The maximum atomic E-state index is 14.1. The molecule has 2 rings (SSSR count). The second-order valence-electron chi connectivity index (χ2n) is 4.39. The van der Waals surface area contributed by atoms with E-state index in [-0.39, 0.29) is 11.7 Å². The molecule has 1 aromatic rings. The van der Waals surface area contributed by atoms with Crippen molar-refractivity contribution in [2.45, 2.75) is 12.3 Å². The first-order valence-corrected chi connectivity index (χ1v) is 6.38. The Labute approximate surface area is 106 Å². The lowest BCUT2D eigenvalue weighted by Gasteiger charge is -2.22. The van der Waals surface area contributed by atoms with Crippen molar-refractivity contribution in [3.05, 3.63) is 23.6 Å². The molecule has 0 aromatic carbocycles. The van der Waals surface area contributed by atoms with Crippen molar-refractivity contribution in [3.63, 3.8) is 0 Å². The van der Waals surface area contributed by atoms with Crippen molar-refractivity contribution >= 4 is 17.4 Å². The largest absolute Gasteiger partial charge is 0.353 e. The van der Waals surface area contributed by atoms with Gasteiger partial charge in [0.05, 0.1) is 5.88 Å². The smallest absolute Gasteiger partial charge is 0.170 e. The monoisotopic (exact) mass is 257 g/mol. The summed E-state index contributed by atoms with van der Waals surface area (Å²) in [6, 6.07) is 1.63. The van der Waals surface area contributed by atoms with Crippen LogP contribution in [0.3, 0.4) is 0 Å². The number of alkyl halides is 1. The van der Waals surface area contributed by atoms with Gasteiger partial charge in [0, 0.05) is 31.4 Å². The zero-order chi connectivity index (χ0) is 12.3. The molecule has 3 nitrogen and oxygen atoms in total. The Hall–Kier alpha value is -0.870. The van der Waals surface area contributed by atoms with E-state index in [1.165, 1.54) is 0 Å². The molecule has 0 atom stereocenters. The van der Waals surface area contributed by atoms with Crippen molar-refractivity contribution in [1.29, 1.82) is 0 Å². The van der Waals surface area contributed by atoms with Crippen LogP contribution in [0.15, 0.2) is 12.3 Å². The van der Waals surface area contributed by atoms with Crippen LogP contribution in [0.1, 0.15) is 12.0 Å². The topological polar surface area (TPSA) is 19.4 Å². The lowest BCUT2D eigenvalue weighted by molar-refractivity contribution is 0.360. The van der Waals surface area contributed by atoms with Gasteiger partial charge in [0.25, 0.3) is 0 Å². The predicted octanol–water partition coefficient (Wildman–Crippen LogP) is 2.10. The van der Waals surface area contributed by atoms with Crippen LogP contribution in [0, 0.1) is 5.82 Å². The van der Waals surface area contributed by atoms with E-state index >= 15 is 0 Å². The van der Waals surface area contributed by atoms with E-state index in [0.29, 0.717) is 11.4 Å². The van der Waals surface area contributed by atoms with Crippen LogP contribution in [0.5, 0.6) is 0 Å². The van der Waals surface area contributed by atoms with Crippen LogP contribution in [-0.4, -0.2) is 43.1 Å². The Bertz CT molecular complexity index is 386. The molecule has 0 amide bonds. The zero-order valence-electron chi connectivity index (χ0n) is 9.99. The van der Waals surface area contributed by atoms with Gasteiger partial charge in [-0.3, -0.25) is 0 Å². The van der Waals surface area contributed by atoms with E-state index in [2.05, 4.69) is 16.9 Å². The van der Waals surface area contributed by atoms with E-state index in [9.17, 15) is 4.39 Å². The fourth-order valence-corrected chi connectivity index (χ4v) is 2.26. The lowest BCUT2D eigenvalue weighted by Crippen LogP contribution is -2.30. The number of rotatable bonds is 2. The Morgan fingerprint density at radius 1 is 1.35 bits per heavy atom. The molecule has 0 unspecified atom stereocenters. The number of likely N-dealkylation sites (N-methyl/N-ethyl adjacent to an activating group) is 1. The molecule has 0 aliphatic carbocycles. The van der Waals surface area contributed by atoms with E-state index in [4.69, 9.17) is 11.6 Å². The molecule has 1 aliphatic heterocycles. The Balaban J connectivity index is 2.21. The SMILES string of the molecule is CN1CCCN(c2nccc(CCl)c2F)CC1. The van der Waals surface area contributed by atoms with Crippen molar-refractivity contribution < 1.29 is 4.39 Å². The molecule has 1 aromatic heterocycles. The van der Waals surface area contributed by atoms with E-state index in [1.54, 1.807) is 12.3 Å². The first kappa shape index (κ1) is 12.6. The first-order chi connectivity index (χ1) is 8.22. The molecular formula is C12H17ClFN3. The molecule has 17 heavy (non-hydrogen) atoms. The van der Waals surface area contributed by atoms with E-state index in [0.717, 1.165) is 32.6 Å². The normalized spacial score (nSPS) is 18.2. The summed E-state index contributed by atoms with van der Waals surface area (Å²) in [6.07, 6.45) is 2.66. The number of hydrogen-bond acceptors (Lipinski definition) is 3. The molecule has 94 valence electrons. The minimum Gasteiger partial charge on any atom is -0.353 e. The Morgan fingerprint density at radius 3 is 2.94 bits per heavy atom. The highest BCUT2D eigenvalue weighted by Gasteiger charge is 2.18. The van der Waals surface area contributed by atoms with Crippen molar-refractivity contribution in [3.8, 4) is 0 Å². The number of halogens is 2. The van der Waals surface area contributed by atoms with Gasteiger partial charge in [-0.05, 0) is 26.1 Å². The summed E-state index contributed by atoms with van der Waals surface area (Å²) in [5, 5.41) is 0. The Kier molecular flexibility index (Phi) is 4.18. The van der Waals surface area contributed by atoms with Crippen LogP contribution in [0.4, 0.5) is 10.2 Å². The molecular weight excluding hydrogens is 241 g/mol. The summed E-state index contributed by atoms with van der Waals surface area (Å²) in [6.45, 7) is 3.64. The van der Waals surface area contributed by atoms with Crippen LogP contribution in [-0.2, 0) is 5.88 Å². The summed E-state index contributed by atoms with van der Waals surface area (Å²) in [4.78, 5) is 8.41. The quantitative estimate of drug-likeness (QED) is 0.757. The predicted molar refractivity (Wildman–Crippen MR) is 68.1 cm³/mol. The summed E-state index contributed by atoms with van der Waals surface area (Å²) < 4.78 is 14.1. The number of nitrogens with zero attached hydrogens (tertiary/aromatic N) is 3. The van der Waals surface area contributed by atoms with Crippen LogP contribution >= 0.6 is 11.6 Å². The van der Waals surface area contributed by atoms with Crippen LogP contribution < -0.4 is 4.90 Å². The van der Waals surface area contributed by atoms with Gasteiger partial charge in [-0.15, -0.1) is 11.6 Å². The fourth-order valence-electron chi connectivity index (χ4n) is 2.05. The molecule has 0 N–H and O–H groups in total. The van der Waals surface area contributed by atoms with E-state index < -0.39 is 0 Å². The average molecular weight is 258 g/mol. The third-order valence-corrected chi connectivity index (χ3v) is 3.40. The maximum absolute atomic E-state index is 14.1. The van der Waals surface area contributed by atoms with Gasteiger partial charge in [0.2, 0.25) is 0 Å². The number of hydrogen-bond donors (Lipinski definition) is 0. The minimum absolute atomic E-state index is 0.190. The molecule has 0 radical (unpaired) electrons. The zero-order valence-corrected chi connectivity index (χ0v) is 10.8. The van der Waals surface area contributed by atoms with Gasteiger partial charge in [-0.2, -0.15) is 0 Å². The minimum atomic E-state index is -0.271. The second kappa shape index (κ2) is 5.65. The molecule has 0 spiro atoms. The summed E-state index contributed by atoms with van der Waals surface area (Å²) >= 11 is 5.70. The van der Waals surface area contributed by atoms with Gasteiger partial charge in [-0.25, -0.2) is 9.37 Å². The highest BCUT2D eigenvalue weighted by atomic mass is 35.5. The maximum Gasteiger partial charge on any atom is 0.170 e. The van der Waals surface area contributed by atoms with Crippen molar-refractivity contribution in [1.82, 2.24) is 9.88 Å². The van der Waals surface area contributed by atoms with Gasteiger partial charge in [-0.1, -0.05) is 0 Å². The molecule has 1 aliphatic rings. The van der Waals surface area contributed by atoms with Gasteiger partial charge < -0.3 is 9.80 Å². The van der Waals surface area contributed by atoms with Crippen LogP contribution in [0.2, 0.25) is 0 Å². The molecule has 1 fully saturated rings. The van der Waals surface area contributed by atoms with Crippen molar-refractivity contribution in [2.24, 2.45) is 0 Å². The van der Waals surface area contributed by atoms with Crippen LogP contribution in [0.25, 0.3) is 0 Å². The number of pyridine rings is 1. The Morgan fingerprint density at radius 2 is 2.18 bits per heavy atom. The molecule has 1 saturated heterocycles. The van der Waals surface area contributed by atoms with Crippen molar-refractivity contribution in [2.75, 3.05) is 38.1 Å². The first-order valence-electron chi connectivity index (χ1n) is 5.85.